The van der Waals surface area contributed by atoms with Crippen LogP contribution in [0.2, 0.25) is 5.02 Å². The quantitative estimate of drug-likeness (QED) is 0.806. The summed E-state index contributed by atoms with van der Waals surface area (Å²) in [6.45, 7) is 4.11. The summed E-state index contributed by atoms with van der Waals surface area (Å²) >= 11 is 6.01. The zero-order chi connectivity index (χ0) is 10.6. The zero-order valence-electron chi connectivity index (χ0n) is 8.84. The molecule has 0 saturated carbocycles. The van der Waals surface area contributed by atoms with Crippen molar-refractivity contribution in [3.8, 4) is 0 Å². The van der Waals surface area contributed by atoms with Crippen LogP contribution in [0.1, 0.15) is 18.1 Å². The number of aryl methyl sites for hydroxylation is 1. The topological polar surface area (TPSA) is 12.0 Å². The number of hydrogen-bond donors (Lipinski definition) is 1. The van der Waals surface area contributed by atoms with Crippen LogP contribution in [0.15, 0.2) is 24.3 Å². The Bertz CT molecular complexity index is 331. The van der Waals surface area contributed by atoms with E-state index in [0.717, 1.165) is 16.1 Å². The van der Waals surface area contributed by atoms with Gasteiger partial charge in [0.2, 0.25) is 0 Å². The van der Waals surface area contributed by atoms with Crippen molar-refractivity contribution in [1.29, 1.82) is 0 Å². The van der Waals surface area contributed by atoms with Gasteiger partial charge in [0, 0.05) is 11.1 Å². The van der Waals surface area contributed by atoms with Gasteiger partial charge in [0.05, 0.1) is 0 Å². The van der Waals surface area contributed by atoms with Crippen molar-refractivity contribution in [2.24, 2.45) is 0 Å². The second kappa shape index (κ2) is 5.18. The second-order valence-corrected chi connectivity index (χ2v) is 3.85. The molecule has 1 atom stereocenters. The molecule has 0 bridgehead atoms. The van der Waals surface area contributed by atoms with Crippen molar-refractivity contribution in [2.45, 2.75) is 19.9 Å². The van der Waals surface area contributed by atoms with Gasteiger partial charge in [-0.15, -0.1) is 0 Å². The highest BCUT2D eigenvalue weighted by atomic mass is 35.5. The van der Waals surface area contributed by atoms with E-state index in [-0.39, 0.29) is 0 Å². The van der Waals surface area contributed by atoms with Gasteiger partial charge in [-0.2, -0.15) is 0 Å². The van der Waals surface area contributed by atoms with Gasteiger partial charge in [-0.3, -0.25) is 0 Å². The van der Waals surface area contributed by atoms with Crippen molar-refractivity contribution in [3.63, 3.8) is 0 Å². The molecular weight excluding hydrogens is 194 g/mol. The van der Waals surface area contributed by atoms with E-state index in [4.69, 9.17) is 11.6 Å². The number of likely N-dealkylation sites (N-methyl/N-ethyl adjacent to an activating group) is 1. The number of benzene rings is 1. The summed E-state index contributed by atoms with van der Waals surface area (Å²) in [7, 11) is 1.94. The highest BCUT2D eigenvalue weighted by Crippen LogP contribution is 2.17. The maximum atomic E-state index is 6.01. The number of rotatable bonds is 3. The smallest absolute Gasteiger partial charge is 0.0441 e. The first-order valence-electron chi connectivity index (χ1n) is 4.75. The third kappa shape index (κ3) is 3.17. The van der Waals surface area contributed by atoms with Gasteiger partial charge >= 0.3 is 0 Å². The highest BCUT2D eigenvalue weighted by Gasteiger charge is 1.95. The summed E-state index contributed by atoms with van der Waals surface area (Å²) in [6, 6.07) is 6.47. The molecule has 1 N–H and O–H groups in total. The third-order valence-electron chi connectivity index (χ3n) is 2.23. The van der Waals surface area contributed by atoms with Gasteiger partial charge in [-0.1, -0.05) is 35.9 Å². The summed E-state index contributed by atoms with van der Waals surface area (Å²) in [6.07, 6.45) is 4.19. The van der Waals surface area contributed by atoms with Gasteiger partial charge in [0.1, 0.15) is 0 Å². The number of hydrogen-bond acceptors (Lipinski definition) is 1. The molecule has 0 radical (unpaired) electrons. The Morgan fingerprint density at radius 1 is 1.43 bits per heavy atom. The largest absolute Gasteiger partial charge is 0.314 e. The van der Waals surface area contributed by atoms with Gasteiger partial charge in [0.25, 0.3) is 0 Å². The summed E-state index contributed by atoms with van der Waals surface area (Å²) in [4.78, 5) is 0. The van der Waals surface area contributed by atoms with E-state index in [0.29, 0.717) is 6.04 Å². The van der Waals surface area contributed by atoms with E-state index in [1.165, 1.54) is 0 Å². The molecule has 1 unspecified atom stereocenters. The van der Waals surface area contributed by atoms with E-state index in [9.17, 15) is 0 Å². The summed E-state index contributed by atoms with van der Waals surface area (Å²) in [5.74, 6) is 0. The molecule has 0 aliphatic carbocycles. The Morgan fingerprint density at radius 3 is 2.71 bits per heavy atom. The summed E-state index contributed by atoms with van der Waals surface area (Å²) in [5, 5.41) is 3.96. The molecule has 2 heteroatoms. The van der Waals surface area contributed by atoms with Crippen LogP contribution in [0.4, 0.5) is 0 Å². The minimum absolute atomic E-state index is 0.384. The lowest BCUT2D eigenvalue weighted by Crippen LogP contribution is -2.17. The van der Waals surface area contributed by atoms with Crippen LogP contribution < -0.4 is 5.32 Å². The zero-order valence-corrected chi connectivity index (χ0v) is 9.60. The van der Waals surface area contributed by atoms with Crippen molar-refractivity contribution in [1.82, 2.24) is 5.32 Å². The predicted octanol–water partition coefficient (Wildman–Crippen LogP) is 3.27. The van der Waals surface area contributed by atoms with Crippen LogP contribution in [-0.2, 0) is 0 Å². The molecule has 1 rings (SSSR count). The minimum atomic E-state index is 0.384. The fourth-order valence-electron chi connectivity index (χ4n) is 1.06. The molecule has 0 aliphatic rings. The molecule has 0 spiro atoms. The van der Waals surface area contributed by atoms with Crippen molar-refractivity contribution in [3.05, 3.63) is 40.4 Å². The predicted molar refractivity (Wildman–Crippen MR) is 63.7 cm³/mol. The van der Waals surface area contributed by atoms with Crippen LogP contribution in [-0.4, -0.2) is 13.1 Å². The Morgan fingerprint density at radius 2 is 2.14 bits per heavy atom. The fraction of sp³-hybridized carbons (Fsp3) is 0.333. The molecule has 0 fully saturated rings. The van der Waals surface area contributed by atoms with E-state index in [1.54, 1.807) is 0 Å². The first-order valence-corrected chi connectivity index (χ1v) is 5.13. The molecule has 14 heavy (non-hydrogen) atoms. The average molecular weight is 210 g/mol. The van der Waals surface area contributed by atoms with Crippen molar-refractivity contribution >= 4 is 17.7 Å². The summed E-state index contributed by atoms with van der Waals surface area (Å²) < 4.78 is 0. The fourth-order valence-corrected chi connectivity index (χ4v) is 1.25. The monoisotopic (exact) mass is 209 g/mol. The number of nitrogens with one attached hydrogen (secondary N) is 1. The molecule has 0 heterocycles. The van der Waals surface area contributed by atoms with E-state index in [1.807, 2.05) is 26.1 Å². The SMILES string of the molecule is CNC(C)/C=C/c1ccc(C)c(Cl)c1. The lowest BCUT2D eigenvalue weighted by atomic mass is 10.1. The molecule has 1 aromatic carbocycles. The molecule has 76 valence electrons. The maximum absolute atomic E-state index is 6.01. The first-order chi connectivity index (χ1) is 6.63. The lowest BCUT2D eigenvalue weighted by molar-refractivity contribution is 0.731. The van der Waals surface area contributed by atoms with Gasteiger partial charge < -0.3 is 5.32 Å². The lowest BCUT2D eigenvalue weighted by Gasteiger charge is -2.03. The molecular formula is C12H16ClN. The standard InChI is InChI=1S/C12H16ClN/c1-9-4-6-11(8-12(9)13)7-5-10(2)14-3/h4-8,10,14H,1-3H3/b7-5+. The Kier molecular flexibility index (Phi) is 4.18. The normalized spacial score (nSPS) is 13.4. The van der Waals surface area contributed by atoms with Crippen LogP contribution in [0.3, 0.4) is 0 Å². The van der Waals surface area contributed by atoms with Crippen LogP contribution in [0.25, 0.3) is 6.08 Å². The van der Waals surface area contributed by atoms with Gasteiger partial charge in [-0.25, -0.2) is 0 Å². The molecule has 1 nitrogen and oxygen atoms in total. The highest BCUT2D eigenvalue weighted by molar-refractivity contribution is 6.31. The maximum Gasteiger partial charge on any atom is 0.0441 e. The van der Waals surface area contributed by atoms with E-state index in [2.05, 4.69) is 30.5 Å². The van der Waals surface area contributed by atoms with Crippen LogP contribution >= 0.6 is 11.6 Å². The Balaban J connectivity index is 2.77. The van der Waals surface area contributed by atoms with Crippen LogP contribution in [0.5, 0.6) is 0 Å². The minimum Gasteiger partial charge on any atom is -0.314 e. The Hall–Kier alpha value is -0.790. The molecule has 0 saturated heterocycles. The third-order valence-corrected chi connectivity index (χ3v) is 2.64. The molecule has 0 aliphatic heterocycles. The molecule has 0 aromatic heterocycles. The average Bonchev–Trinajstić information content (AvgIpc) is 2.19. The van der Waals surface area contributed by atoms with E-state index < -0.39 is 0 Å². The molecule has 0 amide bonds. The van der Waals surface area contributed by atoms with Gasteiger partial charge in [0.15, 0.2) is 0 Å². The Labute approximate surface area is 90.8 Å². The van der Waals surface area contributed by atoms with Crippen molar-refractivity contribution < 1.29 is 0 Å². The first kappa shape index (κ1) is 11.3. The van der Waals surface area contributed by atoms with Crippen molar-refractivity contribution in [2.75, 3.05) is 7.05 Å². The molecule has 1 aromatic rings. The second-order valence-electron chi connectivity index (χ2n) is 3.45. The van der Waals surface area contributed by atoms with Crippen LogP contribution in [0, 0.1) is 6.92 Å². The summed E-state index contributed by atoms with van der Waals surface area (Å²) in [5.41, 5.74) is 2.26. The van der Waals surface area contributed by atoms with E-state index >= 15 is 0 Å². The number of halogens is 1. The van der Waals surface area contributed by atoms with Gasteiger partial charge in [-0.05, 0) is 38.1 Å².